The topological polar surface area (TPSA) is 60.2 Å². The van der Waals surface area contributed by atoms with E-state index in [1.807, 2.05) is 6.92 Å². The highest BCUT2D eigenvalue weighted by Crippen LogP contribution is 2.38. The van der Waals surface area contributed by atoms with Gasteiger partial charge in [0, 0.05) is 19.6 Å². The zero-order valence-electron chi connectivity index (χ0n) is 9.48. The van der Waals surface area contributed by atoms with Crippen molar-refractivity contribution >= 4 is 0 Å². The van der Waals surface area contributed by atoms with Gasteiger partial charge in [0.1, 0.15) is 0 Å². The molecule has 1 aromatic heterocycles. The van der Waals surface area contributed by atoms with Crippen LogP contribution in [0.2, 0.25) is 0 Å². The van der Waals surface area contributed by atoms with Crippen LogP contribution >= 0.6 is 0 Å². The van der Waals surface area contributed by atoms with Gasteiger partial charge in [-0.1, -0.05) is 5.16 Å². The van der Waals surface area contributed by atoms with E-state index in [0.29, 0.717) is 24.6 Å². The smallest absolute Gasteiger partial charge is 0.223 e. The molecule has 1 aliphatic heterocycles. The average Bonchev–Trinajstić information content (AvgIpc) is 2.86. The zero-order chi connectivity index (χ0) is 11.0. The van der Waals surface area contributed by atoms with Gasteiger partial charge >= 0.3 is 0 Å². The maximum Gasteiger partial charge on any atom is 0.223 e. The van der Waals surface area contributed by atoms with Crippen LogP contribution in [0.15, 0.2) is 4.52 Å². The highest BCUT2D eigenvalue weighted by Gasteiger charge is 2.40. The third-order valence-corrected chi connectivity index (χ3v) is 3.31. The summed E-state index contributed by atoms with van der Waals surface area (Å²) in [5, 5.41) is 7.35. The van der Waals surface area contributed by atoms with Crippen molar-refractivity contribution in [3.63, 3.8) is 0 Å². The largest absolute Gasteiger partial charge is 0.376 e. The Labute approximate surface area is 94.6 Å². The van der Waals surface area contributed by atoms with Crippen molar-refractivity contribution in [2.45, 2.75) is 44.9 Å². The molecule has 2 fully saturated rings. The van der Waals surface area contributed by atoms with Crippen molar-refractivity contribution in [1.29, 1.82) is 0 Å². The number of aromatic nitrogens is 2. The lowest BCUT2D eigenvalue weighted by atomic mass is 10.1. The van der Waals surface area contributed by atoms with E-state index in [-0.39, 0.29) is 0 Å². The third kappa shape index (κ3) is 2.10. The van der Waals surface area contributed by atoms with Crippen molar-refractivity contribution in [2.24, 2.45) is 5.92 Å². The number of nitrogens with zero attached hydrogens (tertiary/aromatic N) is 2. The zero-order valence-corrected chi connectivity index (χ0v) is 9.48. The second-order valence-electron chi connectivity index (χ2n) is 4.68. The molecule has 5 heteroatoms. The maximum atomic E-state index is 5.76. The predicted molar refractivity (Wildman–Crippen MR) is 56.7 cm³/mol. The summed E-state index contributed by atoms with van der Waals surface area (Å²) in [6.07, 6.45) is 4.15. The molecule has 2 unspecified atom stereocenters. The normalized spacial score (nSPS) is 29.8. The highest BCUT2D eigenvalue weighted by molar-refractivity contribution is 4.94. The Kier molecular flexibility index (Phi) is 2.65. The van der Waals surface area contributed by atoms with Crippen LogP contribution in [-0.4, -0.2) is 28.9 Å². The SMILES string of the molecule is Cc1nc(CNC2CCOC2C2CC2)no1. The van der Waals surface area contributed by atoms with E-state index in [1.165, 1.54) is 12.8 Å². The van der Waals surface area contributed by atoms with E-state index in [4.69, 9.17) is 9.26 Å². The first-order valence-corrected chi connectivity index (χ1v) is 5.97. The van der Waals surface area contributed by atoms with Gasteiger partial charge in [-0.15, -0.1) is 0 Å². The molecule has 0 aromatic carbocycles. The van der Waals surface area contributed by atoms with E-state index in [0.717, 1.165) is 24.8 Å². The van der Waals surface area contributed by atoms with Crippen molar-refractivity contribution < 1.29 is 9.26 Å². The molecule has 0 radical (unpaired) electrons. The quantitative estimate of drug-likeness (QED) is 0.826. The average molecular weight is 223 g/mol. The van der Waals surface area contributed by atoms with Gasteiger partial charge in [-0.05, 0) is 25.2 Å². The number of rotatable bonds is 4. The van der Waals surface area contributed by atoms with Crippen molar-refractivity contribution in [3.05, 3.63) is 11.7 Å². The van der Waals surface area contributed by atoms with E-state index < -0.39 is 0 Å². The fourth-order valence-electron chi connectivity index (χ4n) is 2.35. The Morgan fingerprint density at radius 2 is 2.25 bits per heavy atom. The van der Waals surface area contributed by atoms with Crippen molar-refractivity contribution in [1.82, 2.24) is 15.5 Å². The molecular formula is C11H17N3O2. The van der Waals surface area contributed by atoms with Gasteiger partial charge in [0.05, 0.1) is 12.6 Å². The molecule has 0 spiro atoms. The summed E-state index contributed by atoms with van der Waals surface area (Å²) < 4.78 is 10.7. The first-order valence-electron chi connectivity index (χ1n) is 5.97. The lowest BCUT2D eigenvalue weighted by Gasteiger charge is -2.18. The molecular weight excluding hydrogens is 206 g/mol. The lowest BCUT2D eigenvalue weighted by Crippen LogP contribution is -2.37. The molecule has 16 heavy (non-hydrogen) atoms. The van der Waals surface area contributed by atoms with Crippen LogP contribution < -0.4 is 5.32 Å². The monoisotopic (exact) mass is 223 g/mol. The minimum Gasteiger partial charge on any atom is -0.376 e. The number of hydrogen-bond acceptors (Lipinski definition) is 5. The molecule has 3 rings (SSSR count). The minimum atomic E-state index is 0.410. The second-order valence-corrected chi connectivity index (χ2v) is 4.68. The Bertz CT molecular complexity index is 362. The van der Waals surface area contributed by atoms with Crippen LogP contribution in [0.1, 0.15) is 31.0 Å². The summed E-state index contributed by atoms with van der Waals surface area (Å²) >= 11 is 0. The molecule has 2 aliphatic rings. The Balaban J connectivity index is 1.54. The molecule has 2 atom stereocenters. The van der Waals surface area contributed by atoms with Gasteiger partial charge in [-0.25, -0.2) is 0 Å². The predicted octanol–water partition coefficient (Wildman–Crippen LogP) is 1.04. The van der Waals surface area contributed by atoms with Crippen LogP contribution in [-0.2, 0) is 11.3 Å². The van der Waals surface area contributed by atoms with Crippen LogP contribution in [0.3, 0.4) is 0 Å². The molecule has 88 valence electrons. The van der Waals surface area contributed by atoms with Crippen molar-refractivity contribution in [3.8, 4) is 0 Å². The van der Waals surface area contributed by atoms with E-state index in [2.05, 4.69) is 15.5 Å². The van der Waals surface area contributed by atoms with Gasteiger partial charge in [0.25, 0.3) is 0 Å². The summed E-state index contributed by atoms with van der Waals surface area (Å²) in [7, 11) is 0. The van der Waals surface area contributed by atoms with Gasteiger partial charge < -0.3 is 14.6 Å². The van der Waals surface area contributed by atoms with Gasteiger partial charge in [-0.3, -0.25) is 0 Å². The Hall–Kier alpha value is -0.940. The van der Waals surface area contributed by atoms with Crippen molar-refractivity contribution in [2.75, 3.05) is 6.61 Å². The molecule has 1 saturated carbocycles. The molecule has 0 bridgehead atoms. The molecule has 5 nitrogen and oxygen atoms in total. The first-order chi connectivity index (χ1) is 7.83. The summed E-state index contributed by atoms with van der Waals surface area (Å²) in [5.74, 6) is 2.14. The van der Waals surface area contributed by atoms with Gasteiger partial charge in [-0.2, -0.15) is 4.98 Å². The Morgan fingerprint density at radius 1 is 1.38 bits per heavy atom. The van der Waals surface area contributed by atoms with E-state index in [9.17, 15) is 0 Å². The summed E-state index contributed by atoms with van der Waals surface area (Å²) in [6.45, 7) is 3.36. The number of nitrogens with one attached hydrogen (secondary N) is 1. The fourth-order valence-corrected chi connectivity index (χ4v) is 2.35. The molecule has 2 heterocycles. The summed E-state index contributed by atoms with van der Waals surface area (Å²) in [4.78, 5) is 4.18. The second kappa shape index (κ2) is 4.14. The molecule has 1 N–H and O–H groups in total. The summed E-state index contributed by atoms with van der Waals surface area (Å²) in [6, 6.07) is 0.464. The first kappa shape index (κ1) is 10.2. The summed E-state index contributed by atoms with van der Waals surface area (Å²) in [5.41, 5.74) is 0. The molecule has 1 aliphatic carbocycles. The fraction of sp³-hybridized carbons (Fsp3) is 0.818. The lowest BCUT2D eigenvalue weighted by molar-refractivity contribution is 0.0807. The third-order valence-electron chi connectivity index (χ3n) is 3.31. The van der Waals surface area contributed by atoms with Crippen LogP contribution in [0.5, 0.6) is 0 Å². The van der Waals surface area contributed by atoms with Gasteiger partial charge in [0.2, 0.25) is 5.89 Å². The number of aryl methyl sites for hydroxylation is 1. The minimum absolute atomic E-state index is 0.410. The van der Waals surface area contributed by atoms with Crippen LogP contribution in [0.25, 0.3) is 0 Å². The highest BCUT2D eigenvalue weighted by atomic mass is 16.5. The van der Waals surface area contributed by atoms with E-state index >= 15 is 0 Å². The van der Waals surface area contributed by atoms with Crippen LogP contribution in [0.4, 0.5) is 0 Å². The van der Waals surface area contributed by atoms with E-state index in [1.54, 1.807) is 0 Å². The molecule has 1 aromatic rings. The molecule has 1 saturated heterocycles. The molecule has 0 amide bonds. The number of hydrogen-bond donors (Lipinski definition) is 1. The standard InChI is InChI=1S/C11H17N3O2/c1-7-13-10(14-16-7)6-12-9-4-5-15-11(9)8-2-3-8/h8-9,11-12H,2-6H2,1H3. The van der Waals surface area contributed by atoms with Gasteiger partial charge in [0.15, 0.2) is 5.82 Å². The maximum absolute atomic E-state index is 5.76. The number of ether oxygens (including phenoxy) is 1. The Morgan fingerprint density at radius 3 is 2.94 bits per heavy atom. The van der Waals surface area contributed by atoms with Crippen LogP contribution in [0, 0.1) is 12.8 Å².